The highest BCUT2D eigenvalue weighted by Gasteiger charge is 2.67. The Hall–Kier alpha value is -0.0800. The lowest BCUT2D eigenvalue weighted by Gasteiger charge is -2.35. The quantitative estimate of drug-likeness (QED) is 0.547. The van der Waals surface area contributed by atoms with E-state index < -0.39 is 0 Å². The second-order valence-electron chi connectivity index (χ2n) is 6.45. The van der Waals surface area contributed by atoms with E-state index in [0.29, 0.717) is 6.04 Å². The molecule has 0 radical (unpaired) electrons. The molecule has 84 valence electrons. The predicted molar refractivity (Wildman–Crippen MR) is 59.8 cm³/mol. The summed E-state index contributed by atoms with van der Waals surface area (Å²) in [5.74, 6) is 12.1. The maximum absolute atomic E-state index is 5.79. The summed E-state index contributed by atoms with van der Waals surface area (Å²) in [5, 5.41) is 0. The molecule has 0 saturated heterocycles. The summed E-state index contributed by atoms with van der Waals surface area (Å²) in [6, 6.07) is 0.678. The molecule has 0 aliphatic heterocycles. The number of nitrogens with one attached hydrogen (secondary N) is 1. The van der Waals surface area contributed by atoms with Crippen molar-refractivity contribution >= 4 is 0 Å². The first-order valence-electron chi connectivity index (χ1n) is 6.86. The van der Waals surface area contributed by atoms with Gasteiger partial charge in [-0.1, -0.05) is 6.42 Å². The molecule has 0 aromatic carbocycles. The molecule has 15 heavy (non-hydrogen) atoms. The molecule has 3 N–H and O–H groups in total. The average Bonchev–Trinajstić information content (AvgIpc) is 2.62. The molecular formula is C13H22N2. The zero-order valence-corrected chi connectivity index (χ0v) is 9.36. The molecule has 0 spiro atoms. The van der Waals surface area contributed by atoms with Gasteiger partial charge in [-0.25, -0.2) is 0 Å². The maximum atomic E-state index is 5.79. The highest BCUT2D eigenvalue weighted by atomic mass is 15.2. The lowest BCUT2D eigenvalue weighted by Crippen LogP contribution is -2.46. The van der Waals surface area contributed by atoms with E-state index in [9.17, 15) is 0 Å². The van der Waals surface area contributed by atoms with E-state index >= 15 is 0 Å². The first-order valence-corrected chi connectivity index (χ1v) is 6.86. The Morgan fingerprint density at radius 3 is 2.13 bits per heavy atom. The third kappa shape index (κ3) is 1.07. The van der Waals surface area contributed by atoms with Crippen LogP contribution in [-0.4, -0.2) is 6.04 Å². The lowest BCUT2D eigenvalue weighted by molar-refractivity contribution is 0.189. The summed E-state index contributed by atoms with van der Waals surface area (Å²) in [4.78, 5) is 0. The normalized spacial score (nSPS) is 53.8. The van der Waals surface area contributed by atoms with E-state index in [0.717, 1.165) is 35.5 Å². The molecule has 4 fully saturated rings. The molecule has 2 bridgehead atoms. The summed E-state index contributed by atoms with van der Waals surface area (Å²) in [7, 11) is 0. The molecule has 2 heteroatoms. The van der Waals surface area contributed by atoms with Crippen LogP contribution >= 0.6 is 0 Å². The van der Waals surface area contributed by atoms with Gasteiger partial charge in [0.15, 0.2) is 0 Å². The molecular weight excluding hydrogens is 184 g/mol. The smallest absolute Gasteiger partial charge is 0.0272 e. The van der Waals surface area contributed by atoms with Gasteiger partial charge in [0.05, 0.1) is 0 Å². The van der Waals surface area contributed by atoms with Crippen molar-refractivity contribution in [2.45, 2.75) is 44.6 Å². The fourth-order valence-electron chi connectivity index (χ4n) is 5.23. The summed E-state index contributed by atoms with van der Waals surface area (Å²) in [6.07, 6.45) is 8.93. The van der Waals surface area contributed by atoms with Crippen LogP contribution in [0.15, 0.2) is 0 Å². The molecule has 0 aromatic rings. The van der Waals surface area contributed by atoms with Crippen LogP contribution in [0, 0.1) is 35.5 Å². The van der Waals surface area contributed by atoms with E-state index in [2.05, 4.69) is 5.43 Å². The van der Waals surface area contributed by atoms with Crippen LogP contribution < -0.4 is 11.3 Å². The first-order chi connectivity index (χ1) is 7.40. The van der Waals surface area contributed by atoms with Crippen LogP contribution in [0.3, 0.4) is 0 Å². The Morgan fingerprint density at radius 1 is 1.00 bits per heavy atom. The van der Waals surface area contributed by atoms with Gasteiger partial charge in [0.1, 0.15) is 0 Å². The molecule has 4 rings (SSSR count). The Labute approximate surface area is 92.0 Å². The van der Waals surface area contributed by atoms with Crippen LogP contribution in [0.1, 0.15) is 38.5 Å². The van der Waals surface area contributed by atoms with Gasteiger partial charge in [0, 0.05) is 6.04 Å². The minimum Gasteiger partial charge on any atom is -0.271 e. The largest absolute Gasteiger partial charge is 0.271 e. The summed E-state index contributed by atoms with van der Waals surface area (Å²) < 4.78 is 0. The number of fused-ring (bicyclic) bond motifs is 5. The zero-order valence-electron chi connectivity index (χ0n) is 9.36. The van der Waals surface area contributed by atoms with Crippen molar-refractivity contribution in [1.29, 1.82) is 0 Å². The number of rotatable bonds is 3. The van der Waals surface area contributed by atoms with Gasteiger partial charge in [-0.15, -0.1) is 0 Å². The number of nitrogens with two attached hydrogens (primary N) is 1. The molecule has 0 amide bonds. The fourth-order valence-corrected chi connectivity index (χ4v) is 5.23. The fraction of sp³-hybridized carbons (Fsp3) is 1.00. The lowest BCUT2D eigenvalue weighted by atomic mass is 9.76. The average molecular weight is 206 g/mol. The summed E-state index contributed by atoms with van der Waals surface area (Å²) in [5.41, 5.74) is 3.16. The van der Waals surface area contributed by atoms with Crippen molar-refractivity contribution in [2.75, 3.05) is 0 Å². The monoisotopic (exact) mass is 206 g/mol. The van der Waals surface area contributed by atoms with Crippen LogP contribution in [0.5, 0.6) is 0 Å². The van der Waals surface area contributed by atoms with Crippen molar-refractivity contribution in [3.63, 3.8) is 0 Å². The van der Waals surface area contributed by atoms with Gasteiger partial charge in [-0.05, 0) is 67.6 Å². The molecule has 4 saturated carbocycles. The van der Waals surface area contributed by atoms with Gasteiger partial charge < -0.3 is 0 Å². The number of hydrogen-bond donors (Lipinski definition) is 2. The second-order valence-corrected chi connectivity index (χ2v) is 6.45. The molecule has 4 aliphatic carbocycles. The van der Waals surface area contributed by atoms with Gasteiger partial charge in [-0.2, -0.15) is 0 Å². The molecule has 2 nitrogen and oxygen atoms in total. The highest BCUT2D eigenvalue weighted by molar-refractivity contribution is 5.16. The maximum Gasteiger partial charge on any atom is 0.0272 e. The van der Waals surface area contributed by atoms with Crippen LogP contribution in [0.2, 0.25) is 0 Å². The second kappa shape index (κ2) is 2.98. The Morgan fingerprint density at radius 2 is 1.67 bits per heavy atom. The SMILES string of the molecule is NNC(C1CCC1)C1C2C3CCC(C3)C21. The third-order valence-corrected chi connectivity index (χ3v) is 6.06. The van der Waals surface area contributed by atoms with Gasteiger partial charge in [0.2, 0.25) is 0 Å². The van der Waals surface area contributed by atoms with E-state index in [1.807, 2.05) is 0 Å². The predicted octanol–water partition coefficient (Wildman–Crippen LogP) is 1.91. The van der Waals surface area contributed by atoms with E-state index in [1.165, 1.54) is 32.1 Å². The molecule has 0 heterocycles. The van der Waals surface area contributed by atoms with Crippen molar-refractivity contribution in [3.05, 3.63) is 0 Å². The highest BCUT2D eigenvalue weighted by Crippen LogP contribution is 2.71. The van der Waals surface area contributed by atoms with Crippen LogP contribution in [0.4, 0.5) is 0 Å². The van der Waals surface area contributed by atoms with Crippen molar-refractivity contribution < 1.29 is 0 Å². The van der Waals surface area contributed by atoms with Gasteiger partial charge >= 0.3 is 0 Å². The Balaban J connectivity index is 1.50. The Bertz CT molecular complexity index is 258. The van der Waals surface area contributed by atoms with E-state index in [-0.39, 0.29) is 0 Å². The van der Waals surface area contributed by atoms with E-state index in [1.54, 1.807) is 6.42 Å². The minimum atomic E-state index is 0.678. The molecule has 5 atom stereocenters. The summed E-state index contributed by atoms with van der Waals surface area (Å²) >= 11 is 0. The number of hydrazine groups is 1. The summed E-state index contributed by atoms with van der Waals surface area (Å²) in [6.45, 7) is 0. The number of hydrogen-bond acceptors (Lipinski definition) is 2. The van der Waals surface area contributed by atoms with Gasteiger partial charge in [0.25, 0.3) is 0 Å². The van der Waals surface area contributed by atoms with Gasteiger partial charge in [-0.3, -0.25) is 11.3 Å². The van der Waals surface area contributed by atoms with Crippen LogP contribution in [0.25, 0.3) is 0 Å². The van der Waals surface area contributed by atoms with Crippen molar-refractivity contribution in [3.8, 4) is 0 Å². The first kappa shape index (κ1) is 9.00. The minimum absolute atomic E-state index is 0.678. The zero-order chi connectivity index (χ0) is 9.99. The van der Waals surface area contributed by atoms with E-state index in [4.69, 9.17) is 5.84 Å². The topological polar surface area (TPSA) is 38.0 Å². The van der Waals surface area contributed by atoms with Crippen molar-refractivity contribution in [1.82, 2.24) is 5.43 Å². The Kier molecular flexibility index (Phi) is 1.79. The van der Waals surface area contributed by atoms with Crippen molar-refractivity contribution in [2.24, 2.45) is 41.4 Å². The third-order valence-electron chi connectivity index (χ3n) is 6.06. The molecule has 0 aromatic heterocycles. The standard InChI is InChI=1S/C13H22N2/c14-15-13(7-2-1-3-7)12-10-8-4-5-9(6-8)11(10)12/h7-13,15H,1-6,14H2. The van der Waals surface area contributed by atoms with Crippen LogP contribution in [-0.2, 0) is 0 Å². The molecule has 5 unspecified atom stereocenters. The molecule has 4 aliphatic rings.